The fourth-order valence-electron chi connectivity index (χ4n) is 1.51. The minimum absolute atomic E-state index is 0.259. The average Bonchev–Trinajstić information content (AvgIpc) is 2.48. The van der Waals surface area contributed by atoms with Crippen LogP contribution in [0.2, 0.25) is 0 Å². The highest BCUT2D eigenvalue weighted by atomic mass is 16.1. The normalized spacial score (nSPS) is 10.1. The zero-order valence-corrected chi connectivity index (χ0v) is 11.6. The molecule has 2 aromatic rings. The molecule has 104 valence electrons. The monoisotopic (exact) mass is 271 g/mol. The second-order valence-electron chi connectivity index (χ2n) is 4.39. The molecule has 2 aromatic heterocycles. The summed E-state index contributed by atoms with van der Waals surface area (Å²) in [6.45, 7) is 4.83. The van der Waals surface area contributed by atoms with Crippen LogP contribution in [0.5, 0.6) is 0 Å². The summed E-state index contributed by atoms with van der Waals surface area (Å²) >= 11 is 0. The van der Waals surface area contributed by atoms with Crippen LogP contribution in [-0.2, 0) is 0 Å². The van der Waals surface area contributed by atoms with Crippen molar-refractivity contribution in [2.75, 3.05) is 17.2 Å². The van der Waals surface area contributed by atoms with Crippen molar-refractivity contribution in [1.29, 1.82) is 0 Å². The number of aromatic nitrogens is 3. The molecule has 6 nitrogen and oxygen atoms in total. The van der Waals surface area contributed by atoms with Gasteiger partial charge in [0.1, 0.15) is 17.3 Å². The maximum atomic E-state index is 12.0. The third kappa shape index (κ3) is 3.74. The van der Waals surface area contributed by atoms with E-state index in [9.17, 15) is 4.79 Å². The lowest BCUT2D eigenvalue weighted by Crippen LogP contribution is -2.15. The zero-order valence-electron chi connectivity index (χ0n) is 11.6. The quantitative estimate of drug-likeness (QED) is 0.872. The molecule has 0 aliphatic carbocycles. The van der Waals surface area contributed by atoms with E-state index in [1.807, 2.05) is 13.0 Å². The molecule has 0 aromatic carbocycles. The van der Waals surface area contributed by atoms with Gasteiger partial charge in [-0.15, -0.1) is 0 Å². The second kappa shape index (κ2) is 6.60. The molecule has 0 atom stereocenters. The van der Waals surface area contributed by atoms with Crippen molar-refractivity contribution in [2.24, 2.45) is 0 Å². The van der Waals surface area contributed by atoms with Crippen molar-refractivity contribution in [1.82, 2.24) is 15.0 Å². The number of nitrogens with zero attached hydrogens (tertiary/aromatic N) is 3. The van der Waals surface area contributed by atoms with Gasteiger partial charge in [0, 0.05) is 12.7 Å². The molecule has 0 spiro atoms. The molecule has 0 aliphatic rings. The third-order valence-electron chi connectivity index (χ3n) is 2.59. The number of pyridine rings is 1. The van der Waals surface area contributed by atoms with Gasteiger partial charge in [0.25, 0.3) is 5.91 Å². The Kier molecular flexibility index (Phi) is 4.60. The van der Waals surface area contributed by atoms with Crippen molar-refractivity contribution in [3.8, 4) is 0 Å². The van der Waals surface area contributed by atoms with Gasteiger partial charge in [0.2, 0.25) is 0 Å². The van der Waals surface area contributed by atoms with Crippen LogP contribution in [0.4, 0.5) is 11.6 Å². The molecule has 2 heterocycles. The smallest absolute Gasteiger partial charge is 0.277 e. The summed E-state index contributed by atoms with van der Waals surface area (Å²) in [5.41, 5.74) is 1.29. The van der Waals surface area contributed by atoms with Crippen LogP contribution in [0.1, 0.15) is 29.4 Å². The number of anilines is 2. The Labute approximate surface area is 117 Å². The van der Waals surface area contributed by atoms with Gasteiger partial charge in [-0.3, -0.25) is 4.79 Å². The van der Waals surface area contributed by atoms with Gasteiger partial charge in [0.15, 0.2) is 0 Å². The summed E-state index contributed by atoms with van der Waals surface area (Å²) in [5.74, 6) is 0.836. The van der Waals surface area contributed by atoms with Crippen LogP contribution >= 0.6 is 0 Å². The maximum absolute atomic E-state index is 12.0. The molecular weight excluding hydrogens is 254 g/mol. The van der Waals surface area contributed by atoms with Gasteiger partial charge in [-0.1, -0.05) is 13.0 Å². The molecule has 0 saturated heterocycles. The molecule has 2 N–H and O–H groups in total. The van der Waals surface area contributed by atoms with Crippen molar-refractivity contribution < 1.29 is 4.79 Å². The Morgan fingerprint density at radius 1 is 1.10 bits per heavy atom. The molecule has 0 radical (unpaired) electrons. The number of carbonyl (C=O) groups excluding carboxylic acids is 1. The minimum Gasteiger partial charge on any atom is -0.369 e. The Morgan fingerprint density at radius 2 is 1.90 bits per heavy atom. The molecule has 0 saturated carbocycles. The van der Waals surface area contributed by atoms with Gasteiger partial charge in [-0.2, -0.15) is 0 Å². The van der Waals surface area contributed by atoms with E-state index < -0.39 is 0 Å². The Bertz CT molecular complexity index is 565. The Balaban J connectivity index is 2.00. The molecule has 2 rings (SSSR count). The summed E-state index contributed by atoms with van der Waals surface area (Å²) in [6, 6.07) is 3.63. The summed E-state index contributed by atoms with van der Waals surface area (Å²) in [5, 5.41) is 5.77. The van der Waals surface area contributed by atoms with Gasteiger partial charge in [-0.25, -0.2) is 15.0 Å². The molecule has 0 bridgehead atoms. The Hall–Kier alpha value is -2.50. The van der Waals surface area contributed by atoms with E-state index in [-0.39, 0.29) is 11.6 Å². The summed E-state index contributed by atoms with van der Waals surface area (Å²) < 4.78 is 0. The van der Waals surface area contributed by atoms with E-state index in [1.165, 1.54) is 6.20 Å². The Morgan fingerprint density at radius 3 is 2.50 bits per heavy atom. The molecule has 20 heavy (non-hydrogen) atoms. The predicted octanol–water partition coefficient (Wildman–Crippen LogP) is 2.25. The first-order valence-corrected chi connectivity index (χ1v) is 6.49. The summed E-state index contributed by atoms with van der Waals surface area (Å²) in [6.07, 6.45) is 5.69. The topological polar surface area (TPSA) is 79.8 Å². The molecule has 6 heteroatoms. The van der Waals surface area contributed by atoms with E-state index in [0.29, 0.717) is 11.6 Å². The standard InChI is InChI=1S/C14H17N5O/c1-3-6-15-13-9-16-11(8-18-13)14(20)19-12-5-4-10(2)7-17-12/h4-5,7-9H,3,6H2,1-2H3,(H,15,18)(H,17,19,20). The van der Waals surface area contributed by atoms with Crippen molar-refractivity contribution in [3.63, 3.8) is 0 Å². The van der Waals surface area contributed by atoms with Gasteiger partial charge in [-0.05, 0) is 25.0 Å². The van der Waals surface area contributed by atoms with Gasteiger partial charge in [0.05, 0.1) is 12.4 Å². The maximum Gasteiger partial charge on any atom is 0.277 e. The average molecular weight is 271 g/mol. The lowest BCUT2D eigenvalue weighted by Gasteiger charge is -2.05. The number of amides is 1. The van der Waals surface area contributed by atoms with Crippen molar-refractivity contribution in [3.05, 3.63) is 42.0 Å². The SMILES string of the molecule is CCCNc1cnc(C(=O)Nc2ccc(C)cn2)cn1. The number of hydrogen-bond donors (Lipinski definition) is 2. The van der Waals surface area contributed by atoms with Crippen molar-refractivity contribution >= 4 is 17.5 Å². The van der Waals surface area contributed by atoms with E-state index in [1.54, 1.807) is 18.5 Å². The van der Waals surface area contributed by atoms with E-state index in [2.05, 4.69) is 32.5 Å². The number of nitrogens with one attached hydrogen (secondary N) is 2. The highest BCUT2D eigenvalue weighted by Gasteiger charge is 2.08. The lowest BCUT2D eigenvalue weighted by molar-refractivity contribution is 0.102. The number of rotatable bonds is 5. The molecule has 0 unspecified atom stereocenters. The van der Waals surface area contributed by atoms with Crippen molar-refractivity contribution in [2.45, 2.75) is 20.3 Å². The first-order chi connectivity index (χ1) is 9.69. The second-order valence-corrected chi connectivity index (χ2v) is 4.39. The highest BCUT2D eigenvalue weighted by Crippen LogP contribution is 2.07. The summed E-state index contributed by atoms with van der Waals surface area (Å²) in [4.78, 5) is 24.3. The van der Waals surface area contributed by atoms with E-state index >= 15 is 0 Å². The highest BCUT2D eigenvalue weighted by molar-refractivity contribution is 6.02. The van der Waals surface area contributed by atoms with E-state index in [4.69, 9.17) is 0 Å². The first kappa shape index (κ1) is 13.9. The fraction of sp³-hybridized carbons (Fsp3) is 0.286. The van der Waals surface area contributed by atoms with Crippen LogP contribution in [0.25, 0.3) is 0 Å². The number of carbonyl (C=O) groups is 1. The van der Waals surface area contributed by atoms with Crippen LogP contribution in [0.15, 0.2) is 30.7 Å². The van der Waals surface area contributed by atoms with Gasteiger partial charge < -0.3 is 10.6 Å². The fourth-order valence-corrected chi connectivity index (χ4v) is 1.51. The zero-order chi connectivity index (χ0) is 14.4. The minimum atomic E-state index is -0.323. The van der Waals surface area contributed by atoms with Gasteiger partial charge >= 0.3 is 0 Å². The molecule has 0 aliphatic heterocycles. The number of aryl methyl sites for hydroxylation is 1. The van der Waals surface area contributed by atoms with E-state index in [0.717, 1.165) is 18.5 Å². The largest absolute Gasteiger partial charge is 0.369 e. The number of hydrogen-bond acceptors (Lipinski definition) is 5. The lowest BCUT2D eigenvalue weighted by atomic mass is 10.3. The summed E-state index contributed by atoms with van der Waals surface area (Å²) in [7, 11) is 0. The third-order valence-corrected chi connectivity index (χ3v) is 2.59. The predicted molar refractivity (Wildman–Crippen MR) is 77.7 cm³/mol. The van der Waals surface area contributed by atoms with Crippen LogP contribution in [0.3, 0.4) is 0 Å². The molecule has 1 amide bonds. The first-order valence-electron chi connectivity index (χ1n) is 6.49. The van der Waals surface area contributed by atoms with Crippen LogP contribution in [0, 0.1) is 6.92 Å². The molecule has 0 fully saturated rings. The molecular formula is C14H17N5O. The van der Waals surface area contributed by atoms with Crippen LogP contribution < -0.4 is 10.6 Å². The van der Waals surface area contributed by atoms with Crippen LogP contribution in [-0.4, -0.2) is 27.4 Å².